The zero-order valence-electron chi connectivity index (χ0n) is 13.0. The van der Waals surface area contributed by atoms with Crippen LogP contribution >= 0.6 is 11.6 Å². The molecule has 3 heteroatoms. The third-order valence-corrected chi connectivity index (χ3v) is 4.07. The standard InChI is InChI=1S/C18H22ClNO/c1-12-5-7-15(9-14(12)3)17(20-4)11-21-18-10-16(19)8-6-13(18)2/h5-10,17,20H,11H2,1-4H3. The lowest BCUT2D eigenvalue weighted by atomic mass is 10.0. The quantitative estimate of drug-likeness (QED) is 0.871. The second kappa shape index (κ2) is 6.97. The number of halogens is 1. The van der Waals surface area contributed by atoms with Crippen molar-refractivity contribution >= 4 is 11.6 Å². The first-order valence-electron chi connectivity index (χ1n) is 7.14. The maximum Gasteiger partial charge on any atom is 0.123 e. The first kappa shape index (κ1) is 15.9. The van der Waals surface area contributed by atoms with Crippen LogP contribution < -0.4 is 10.1 Å². The molecular weight excluding hydrogens is 282 g/mol. The van der Waals surface area contributed by atoms with Gasteiger partial charge in [0.1, 0.15) is 12.4 Å². The molecule has 21 heavy (non-hydrogen) atoms. The smallest absolute Gasteiger partial charge is 0.123 e. The summed E-state index contributed by atoms with van der Waals surface area (Å²) in [6.45, 7) is 6.85. The van der Waals surface area contributed by atoms with E-state index in [-0.39, 0.29) is 6.04 Å². The van der Waals surface area contributed by atoms with Crippen LogP contribution in [0.1, 0.15) is 28.3 Å². The summed E-state index contributed by atoms with van der Waals surface area (Å²) in [5.74, 6) is 0.839. The first-order chi connectivity index (χ1) is 10.0. The molecule has 1 N–H and O–H groups in total. The topological polar surface area (TPSA) is 21.3 Å². The first-order valence-corrected chi connectivity index (χ1v) is 7.52. The summed E-state index contributed by atoms with van der Waals surface area (Å²) in [4.78, 5) is 0. The second-order valence-electron chi connectivity index (χ2n) is 5.41. The SMILES string of the molecule is CNC(COc1cc(Cl)ccc1C)c1ccc(C)c(C)c1. The third kappa shape index (κ3) is 3.99. The number of hydrogen-bond donors (Lipinski definition) is 1. The van der Waals surface area contributed by atoms with Gasteiger partial charge < -0.3 is 10.1 Å². The lowest BCUT2D eigenvalue weighted by Gasteiger charge is -2.19. The molecule has 0 saturated carbocycles. The molecular formula is C18H22ClNO. The van der Waals surface area contributed by atoms with Gasteiger partial charge in [-0.05, 0) is 62.2 Å². The fourth-order valence-corrected chi connectivity index (χ4v) is 2.39. The third-order valence-electron chi connectivity index (χ3n) is 3.84. The van der Waals surface area contributed by atoms with Crippen LogP contribution in [0, 0.1) is 20.8 Å². The molecule has 0 aromatic heterocycles. The van der Waals surface area contributed by atoms with Crippen LogP contribution in [0.2, 0.25) is 5.02 Å². The van der Waals surface area contributed by atoms with Crippen molar-refractivity contribution in [1.82, 2.24) is 5.32 Å². The average Bonchev–Trinajstić information content (AvgIpc) is 2.46. The predicted octanol–water partition coefficient (Wildman–Crippen LogP) is 4.60. The molecule has 0 amide bonds. The van der Waals surface area contributed by atoms with E-state index in [4.69, 9.17) is 16.3 Å². The minimum absolute atomic E-state index is 0.155. The monoisotopic (exact) mass is 303 g/mol. The molecule has 0 heterocycles. The van der Waals surface area contributed by atoms with E-state index in [1.165, 1.54) is 16.7 Å². The minimum atomic E-state index is 0.155. The number of rotatable bonds is 5. The number of aryl methyl sites for hydroxylation is 3. The Morgan fingerprint density at radius 2 is 1.71 bits per heavy atom. The average molecular weight is 304 g/mol. The molecule has 2 nitrogen and oxygen atoms in total. The van der Waals surface area contributed by atoms with Crippen LogP contribution in [0.5, 0.6) is 5.75 Å². The van der Waals surface area contributed by atoms with Crippen molar-refractivity contribution in [2.45, 2.75) is 26.8 Å². The van der Waals surface area contributed by atoms with Crippen molar-refractivity contribution in [3.63, 3.8) is 0 Å². The number of ether oxygens (including phenoxy) is 1. The van der Waals surface area contributed by atoms with Crippen LogP contribution in [-0.4, -0.2) is 13.7 Å². The van der Waals surface area contributed by atoms with Crippen molar-refractivity contribution in [2.75, 3.05) is 13.7 Å². The second-order valence-corrected chi connectivity index (χ2v) is 5.84. The van der Waals surface area contributed by atoms with Crippen molar-refractivity contribution in [2.24, 2.45) is 0 Å². The maximum atomic E-state index is 6.03. The molecule has 0 fully saturated rings. The zero-order valence-corrected chi connectivity index (χ0v) is 13.8. The van der Waals surface area contributed by atoms with Crippen molar-refractivity contribution in [1.29, 1.82) is 0 Å². The molecule has 112 valence electrons. The summed E-state index contributed by atoms with van der Waals surface area (Å²) in [6, 6.07) is 12.4. The van der Waals surface area contributed by atoms with E-state index in [0.717, 1.165) is 11.3 Å². The van der Waals surface area contributed by atoms with Crippen molar-refractivity contribution in [3.05, 3.63) is 63.7 Å². The van der Waals surface area contributed by atoms with Gasteiger partial charge in [0.05, 0.1) is 6.04 Å². The molecule has 0 saturated heterocycles. The van der Waals surface area contributed by atoms with Gasteiger partial charge in [0.15, 0.2) is 0 Å². The number of benzene rings is 2. The molecule has 1 atom stereocenters. The number of likely N-dealkylation sites (N-methyl/N-ethyl adjacent to an activating group) is 1. The Balaban J connectivity index is 2.12. The summed E-state index contributed by atoms with van der Waals surface area (Å²) in [5.41, 5.74) is 4.93. The molecule has 0 aliphatic rings. The van der Waals surface area contributed by atoms with E-state index >= 15 is 0 Å². The van der Waals surface area contributed by atoms with Crippen molar-refractivity contribution < 1.29 is 4.74 Å². The number of hydrogen-bond acceptors (Lipinski definition) is 2. The Kier molecular flexibility index (Phi) is 5.27. The fraction of sp³-hybridized carbons (Fsp3) is 0.333. The summed E-state index contributed by atoms with van der Waals surface area (Å²) < 4.78 is 5.95. The summed E-state index contributed by atoms with van der Waals surface area (Å²) >= 11 is 6.03. The molecule has 2 aromatic carbocycles. The van der Waals surface area contributed by atoms with Crippen molar-refractivity contribution in [3.8, 4) is 5.75 Å². The van der Waals surface area contributed by atoms with E-state index < -0.39 is 0 Å². The molecule has 0 radical (unpaired) electrons. The molecule has 2 rings (SSSR count). The van der Waals surface area contributed by atoms with Gasteiger partial charge in [-0.3, -0.25) is 0 Å². The van der Waals surface area contributed by atoms with Gasteiger partial charge in [0.25, 0.3) is 0 Å². The highest BCUT2D eigenvalue weighted by Crippen LogP contribution is 2.24. The highest BCUT2D eigenvalue weighted by Gasteiger charge is 2.12. The molecule has 0 spiro atoms. The summed E-state index contributed by atoms with van der Waals surface area (Å²) in [6.07, 6.45) is 0. The summed E-state index contributed by atoms with van der Waals surface area (Å²) in [7, 11) is 1.95. The fourth-order valence-electron chi connectivity index (χ4n) is 2.23. The van der Waals surface area contributed by atoms with E-state index in [1.54, 1.807) is 0 Å². The lowest BCUT2D eigenvalue weighted by molar-refractivity contribution is 0.271. The van der Waals surface area contributed by atoms with E-state index in [1.807, 2.05) is 32.2 Å². The highest BCUT2D eigenvalue weighted by atomic mass is 35.5. The van der Waals surface area contributed by atoms with Crippen LogP contribution in [-0.2, 0) is 0 Å². The van der Waals surface area contributed by atoms with E-state index in [0.29, 0.717) is 11.6 Å². The molecule has 0 aliphatic heterocycles. The largest absolute Gasteiger partial charge is 0.491 e. The van der Waals surface area contributed by atoms with Gasteiger partial charge in [-0.2, -0.15) is 0 Å². The highest BCUT2D eigenvalue weighted by molar-refractivity contribution is 6.30. The van der Waals surface area contributed by atoms with E-state index in [9.17, 15) is 0 Å². The van der Waals surface area contributed by atoms with E-state index in [2.05, 4.69) is 37.4 Å². The zero-order chi connectivity index (χ0) is 15.4. The van der Waals surface area contributed by atoms with Gasteiger partial charge in [0, 0.05) is 5.02 Å². The van der Waals surface area contributed by atoms with Crippen LogP contribution in [0.25, 0.3) is 0 Å². The van der Waals surface area contributed by atoms with Gasteiger partial charge in [-0.1, -0.05) is 35.9 Å². The minimum Gasteiger partial charge on any atom is -0.491 e. The summed E-state index contributed by atoms with van der Waals surface area (Å²) in [5, 5.41) is 4.01. The predicted molar refractivity (Wildman–Crippen MR) is 89.4 cm³/mol. The Morgan fingerprint density at radius 1 is 1.00 bits per heavy atom. The Morgan fingerprint density at radius 3 is 2.38 bits per heavy atom. The van der Waals surface area contributed by atoms with Gasteiger partial charge in [0.2, 0.25) is 0 Å². The Hall–Kier alpha value is -1.51. The Labute approximate surface area is 132 Å². The molecule has 0 bridgehead atoms. The molecule has 1 unspecified atom stereocenters. The molecule has 2 aromatic rings. The lowest BCUT2D eigenvalue weighted by Crippen LogP contribution is -2.23. The number of nitrogens with one attached hydrogen (secondary N) is 1. The van der Waals surface area contributed by atoms with Crippen LogP contribution in [0.4, 0.5) is 0 Å². The van der Waals surface area contributed by atoms with Gasteiger partial charge in [-0.15, -0.1) is 0 Å². The van der Waals surface area contributed by atoms with Gasteiger partial charge >= 0.3 is 0 Å². The van der Waals surface area contributed by atoms with Crippen LogP contribution in [0.3, 0.4) is 0 Å². The van der Waals surface area contributed by atoms with Crippen LogP contribution in [0.15, 0.2) is 36.4 Å². The maximum absolute atomic E-state index is 6.03. The Bertz CT molecular complexity index is 625. The molecule has 0 aliphatic carbocycles. The normalized spacial score (nSPS) is 12.2. The van der Waals surface area contributed by atoms with Gasteiger partial charge in [-0.25, -0.2) is 0 Å².